The van der Waals surface area contributed by atoms with Crippen LogP contribution in [0.3, 0.4) is 0 Å². The third kappa shape index (κ3) is 5.00. The summed E-state index contributed by atoms with van der Waals surface area (Å²) in [6.45, 7) is 3.60. The molecule has 2 aliphatic rings. The Kier molecular flexibility index (Phi) is 7.72. The number of aromatic nitrogens is 2. The summed E-state index contributed by atoms with van der Waals surface area (Å²) in [7, 11) is 0. The Balaban J connectivity index is 0.00000304. The van der Waals surface area contributed by atoms with Gasteiger partial charge in [-0.25, -0.2) is 22.9 Å². The van der Waals surface area contributed by atoms with Crippen molar-refractivity contribution in [3.8, 4) is 5.75 Å². The second-order valence-corrected chi connectivity index (χ2v) is 9.63. The van der Waals surface area contributed by atoms with Crippen LogP contribution in [-0.2, 0) is 5.41 Å². The van der Waals surface area contributed by atoms with Crippen molar-refractivity contribution in [3.63, 3.8) is 0 Å². The number of likely N-dealkylation sites (tertiary alicyclic amines) is 1. The highest BCUT2D eigenvalue weighted by Gasteiger charge is 2.45. The number of alkyl halides is 2. The molecule has 36 heavy (non-hydrogen) atoms. The van der Waals surface area contributed by atoms with E-state index in [0.717, 1.165) is 0 Å². The fourth-order valence-corrected chi connectivity index (χ4v) is 5.14. The maximum absolute atomic E-state index is 14.5. The van der Waals surface area contributed by atoms with E-state index in [2.05, 4.69) is 20.0 Å². The molecule has 3 heterocycles. The quantitative estimate of drug-likeness (QED) is 0.465. The van der Waals surface area contributed by atoms with Gasteiger partial charge in [-0.3, -0.25) is 0 Å². The molecule has 2 fully saturated rings. The number of anilines is 1. The normalized spacial score (nSPS) is 19.6. The molecule has 0 bridgehead atoms. The van der Waals surface area contributed by atoms with Gasteiger partial charge < -0.3 is 20.3 Å². The molecule has 2 aliphatic heterocycles. The molecule has 0 spiro atoms. The number of hydrogen-bond acceptors (Lipinski definition) is 6. The van der Waals surface area contributed by atoms with Gasteiger partial charge in [0.25, 0.3) is 6.43 Å². The van der Waals surface area contributed by atoms with Crippen molar-refractivity contribution >= 4 is 35.7 Å². The van der Waals surface area contributed by atoms with Crippen molar-refractivity contribution in [1.82, 2.24) is 19.6 Å². The number of nitrogens with zero attached hydrogens (tertiary/aromatic N) is 3. The summed E-state index contributed by atoms with van der Waals surface area (Å²) in [6, 6.07) is 8.60. The first kappa shape index (κ1) is 26.2. The van der Waals surface area contributed by atoms with Gasteiger partial charge >= 0.3 is 6.03 Å². The van der Waals surface area contributed by atoms with E-state index in [1.54, 1.807) is 17.9 Å². The molecule has 1 aromatic heterocycles. The van der Waals surface area contributed by atoms with Gasteiger partial charge in [0.1, 0.15) is 29.0 Å². The lowest BCUT2D eigenvalue weighted by Gasteiger charge is -2.29. The summed E-state index contributed by atoms with van der Waals surface area (Å²) < 4.78 is 51.2. The van der Waals surface area contributed by atoms with Crippen molar-refractivity contribution in [1.29, 1.82) is 0 Å². The Morgan fingerprint density at radius 2 is 2.08 bits per heavy atom. The molecule has 5 rings (SSSR count). The maximum atomic E-state index is 14.5. The third-order valence-corrected chi connectivity index (χ3v) is 7.46. The lowest BCUT2D eigenvalue weighted by molar-refractivity contribution is 0.141. The summed E-state index contributed by atoms with van der Waals surface area (Å²) in [6.07, 6.45) is -0.800. The number of hydrogen-bond donors (Lipinski definition) is 2. The van der Waals surface area contributed by atoms with Gasteiger partial charge in [-0.1, -0.05) is 12.1 Å². The average Bonchev–Trinajstić information content (AvgIpc) is 3.50. The van der Waals surface area contributed by atoms with Crippen LogP contribution >= 0.6 is 23.9 Å². The predicted molar refractivity (Wildman–Crippen MR) is 133 cm³/mol. The zero-order valence-electron chi connectivity index (χ0n) is 19.3. The molecule has 192 valence electrons. The first-order chi connectivity index (χ1) is 16.9. The molecule has 2 saturated heterocycles. The van der Waals surface area contributed by atoms with Gasteiger partial charge in [-0.15, -0.1) is 12.4 Å². The van der Waals surface area contributed by atoms with Crippen LogP contribution < -0.4 is 15.4 Å². The number of carbonyl (C=O) groups is 1. The van der Waals surface area contributed by atoms with Gasteiger partial charge in [0, 0.05) is 31.7 Å². The van der Waals surface area contributed by atoms with Gasteiger partial charge in [0.05, 0.1) is 11.1 Å². The minimum absolute atomic E-state index is 0. The van der Waals surface area contributed by atoms with Crippen LogP contribution in [0.25, 0.3) is 0 Å². The number of amides is 2. The fraction of sp³-hybridized carbons (Fsp3) is 0.375. The fourth-order valence-electron chi connectivity index (χ4n) is 4.39. The van der Waals surface area contributed by atoms with Gasteiger partial charge in [-0.2, -0.15) is 4.37 Å². The minimum Gasteiger partial charge on any atom is -0.486 e. The Morgan fingerprint density at radius 3 is 2.72 bits per heavy atom. The molecule has 2 aromatic carbocycles. The van der Waals surface area contributed by atoms with E-state index in [-0.39, 0.29) is 42.1 Å². The predicted octanol–water partition coefficient (Wildman–Crippen LogP) is 4.92. The number of urea groups is 1. The summed E-state index contributed by atoms with van der Waals surface area (Å²) in [5, 5.41) is 6.53. The summed E-state index contributed by atoms with van der Waals surface area (Å²) >= 11 is 1.21. The third-order valence-electron chi connectivity index (χ3n) is 6.59. The zero-order valence-corrected chi connectivity index (χ0v) is 21.0. The number of carbonyl (C=O) groups excluding carboxylic acids is 1. The molecule has 12 heteroatoms. The molecule has 7 nitrogen and oxygen atoms in total. The van der Waals surface area contributed by atoms with Gasteiger partial charge in [0.15, 0.2) is 0 Å². The van der Waals surface area contributed by atoms with E-state index in [9.17, 15) is 18.0 Å². The Hall–Kier alpha value is -2.89. The molecule has 2 N–H and O–H groups in total. The molecule has 1 atom stereocenters. The summed E-state index contributed by atoms with van der Waals surface area (Å²) in [4.78, 5) is 19.3. The molecular formula is C24H25ClF3N5O2S. The maximum Gasteiger partial charge on any atom is 0.321 e. The number of halogens is 4. The van der Waals surface area contributed by atoms with Crippen LogP contribution in [0.4, 0.5) is 23.7 Å². The Labute approximate surface area is 216 Å². The second kappa shape index (κ2) is 10.6. The van der Waals surface area contributed by atoms with Crippen molar-refractivity contribution < 1.29 is 22.7 Å². The highest BCUT2D eigenvalue weighted by molar-refractivity contribution is 7.05. The Morgan fingerprint density at radius 1 is 1.28 bits per heavy atom. The minimum atomic E-state index is -2.68. The van der Waals surface area contributed by atoms with E-state index in [0.29, 0.717) is 47.9 Å². The largest absolute Gasteiger partial charge is 0.486 e. The first-order valence-electron chi connectivity index (χ1n) is 11.2. The lowest BCUT2D eigenvalue weighted by atomic mass is 9.80. The number of ether oxygens (including phenoxy) is 1. The van der Waals surface area contributed by atoms with E-state index in [1.807, 2.05) is 6.07 Å². The highest BCUT2D eigenvalue weighted by Crippen LogP contribution is 2.42. The van der Waals surface area contributed by atoms with E-state index in [1.165, 1.54) is 42.1 Å². The first-order valence-corrected chi connectivity index (χ1v) is 12.0. The van der Waals surface area contributed by atoms with Crippen molar-refractivity contribution in [3.05, 3.63) is 70.2 Å². The van der Waals surface area contributed by atoms with Crippen molar-refractivity contribution in [2.75, 3.05) is 31.5 Å². The van der Waals surface area contributed by atoms with Crippen molar-refractivity contribution in [2.45, 2.75) is 31.3 Å². The topological polar surface area (TPSA) is 79.4 Å². The van der Waals surface area contributed by atoms with Crippen LogP contribution in [0.5, 0.6) is 5.75 Å². The molecule has 0 saturated carbocycles. The molecule has 3 aromatic rings. The van der Waals surface area contributed by atoms with Crippen LogP contribution in [0.15, 0.2) is 42.7 Å². The number of aryl methyl sites for hydroxylation is 1. The second-order valence-electron chi connectivity index (χ2n) is 8.85. The smallest absolute Gasteiger partial charge is 0.321 e. The van der Waals surface area contributed by atoms with E-state index < -0.39 is 17.9 Å². The molecule has 0 aliphatic carbocycles. The average molecular weight is 540 g/mol. The lowest BCUT2D eigenvalue weighted by Crippen LogP contribution is -2.50. The molecule has 0 unspecified atom stereocenters. The van der Waals surface area contributed by atoms with Crippen LogP contribution in [0, 0.1) is 12.7 Å². The van der Waals surface area contributed by atoms with Gasteiger partial charge in [-0.05, 0) is 60.3 Å². The van der Waals surface area contributed by atoms with Crippen LogP contribution in [-0.4, -0.2) is 52.6 Å². The van der Waals surface area contributed by atoms with E-state index >= 15 is 0 Å². The number of benzene rings is 2. The SMILES string of the molecule is Cc1ccc([C@]2(c3ncns3)CCN(C(=O)Nc3cc(C(F)F)ccc3OC3CNC3)C2)cc1F.Cl. The van der Waals surface area contributed by atoms with E-state index in [4.69, 9.17) is 4.74 Å². The van der Waals surface area contributed by atoms with Crippen LogP contribution in [0.1, 0.15) is 34.5 Å². The molecule has 2 amide bonds. The van der Waals surface area contributed by atoms with Gasteiger partial charge in [0.2, 0.25) is 0 Å². The van der Waals surface area contributed by atoms with Crippen molar-refractivity contribution in [2.24, 2.45) is 0 Å². The molecule has 0 radical (unpaired) electrons. The standard InChI is InChI=1S/C24H24F3N5O2S.ClH/c1-14-2-4-16(9-18(14)25)24(22-29-13-30-35-22)6-7-32(12-24)23(33)31-19-8-15(21(26)27)3-5-20(19)34-17-10-28-11-17;/h2-5,8-9,13,17,21,28H,6-7,10-12H2,1H3,(H,31,33);1H/t24-;/m0./s1. The Bertz CT molecular complexity index is 1230. The monoisotopic (exact) mass is 539 g/mol. The summed E-state index contributed by atoms with van der Waals surface area (Å²) in [5.74, 6) is 0.00909. The number of rotatable bonds is 6. The zero-order chi connectivity index (χ0) is 24.6. The summed E-state index contributed by atoms with van der Waals surface area (Å²) in [5.41, 5.74) is 0.513. The molecular weight excluding hydrogens is 515 g/mol. The highest BCUT2D eigenvalue weighted by atomic mass is 35.5. The van der Waals surface area contributed by atoms with Crippen LogP contribution in [0.2, 0.25) is 0 Å². The number of nitrogens with one attached hydrogen (secondary N) is 2.